The molecule has 20 heavy (non-hydrogen) atoms. The van der Waals surface area contributed by atoms with Crippen LogP contribution in [0.25, 0.3) is 0 Å². The van der Waals surface area contributed by atoms with Gasteiger partial charge < -0.3 is 5.11 Å². The molecule has 0 unspecified atom stereocenters. The van der Waals surface area contributed by atoms with Gasteiger partial charge in [-0.3, -0.25) is 4.90 Å². The van der Waals surface area contributed by atoms with Crippen LogP contribution in [0.4, 0.5) is 0 Å². The fraction of sp³-hybridized carbons (Fsp3) is 0.625. The normalized spacial score (nSPS) is 11.2. The Kier molecular flexibility index (Phi) is 8.43. The zero-order valence-corrected chi connectivity index (χ0v) is 14.4. The number of halogens is 1. The molecule has 1 N–H and O–H groups in total. The van der Waals surface area contributed by atoms with E-state index in [4.69, 9.17) is 11.6 Å². The number of benzene rings is 1. The molecule has 0 aromatic heterocycles. The summed E-state index contributed by atoms with van der Waals surface area (Å²) in [6, 6.07) is 3.77. The molecule has 2 nitrogen and oxygen atoms in total. The molecular weight excluding hydrogens is 290 g/mol. The number of thioether (sulfide) groups is 1. The van der Waals surface area contributed by atoms with Crippen LogP contribution in [0.1, 0.15) is 44.7 Å². The van der Waals surface area contributed by atoms with E-state index in [1.54, 1.807) is 0 Å². The van der Waals surface area contributed by atoms with Crippen molar-refractivity contribution in [2.24, 2.45) is 0 Å². The predicted octanol–water partition coefficient (Wildman–Crippen LogP) is 4.92. The maximum absolute atomic E-state index is 10.4. The number of unbranched alkanes of at least 4 members (excludes halogenated alkanes) is 1. The van der Waals surface area contributed by atoms with E-state index in [2.05, 4.69) is 25.7 Å². The summed E-state index contributed by atoms with van der Waals surface area (Å²) in [5, 5.41) is 11.1. The molecule has 114 valence electrons. The maximum Gasteiger partial charge on any atom is 0.124 e. The first kappa shape index (κ1) is 17.7. The minimum Gasteiger partial charge on any atom is -0.507 e. The van der Waals surface area contributed by atoms with Gasteiger partial charge in [0.15, 0.2) is 0 Å². The Balaban J connectivity index is 2.78. The zero-order chi connectivity index (χ0) is 15.0. The molecule has 4 heteroatoms. The standard InChI is InChI=1S/C16H26ClNOS/c1-4-7-8-20-12-14-10-15(17)9-13(16(14)19)11-18(5-2)6-3/h9-10,19H,4-8,11-12H2,1-3H3. The third-order valence-electron chi connectivity index (χ3n) is 3.42. The molecule has 1 rings (SSSR count). The average Bonchev–Trinajstić information content (AvgIpc) is 2.45. The Hall–Kier alpha value is -0.380. The van der Waals surface area contributed by atoms with Crippen molar-refractivity contribution >= 4 is 23.4 Å². The lowest BCUT2D eigenvalue weighted by molar-refractivity contribution is 0.290. The first-order chi connectivity index (χ1) is 9.62. The average molecular weight is 316 g/mol. The van der Waals surface area contributed by atoms with Crippen molar-refractivity contribution in [1.29, 1.82) is 0 Å². The smallest absolute Gasteiger partial charge is 0.124 e. The third kappa shape index (κ3) is 5.55. The van der Waals surface area contributed by atoms with Crippen LogP contribution in [-0.4, -0.2) is 28.8 Å². The van der Waals surface area contributed by atoms with Gasteiger partial charge in [0.2, 0.25) is 0 Å². The second-order valence-electron chi connectivity index (χ2n) is 4.94. The van der Waals surface area contributed by atoms with Gasteiger partial charge in [0, 0.05) is 28.4 Å². The van der Waals surface area contributed by atoms with Crippen LogP contribution in [0, 0.1) is 0 Å². The Morgan fingerprint density at radius 3 is 2.40 bits per heavy atom. The summed E-state index contributed by atoms with van der Waals surface area (Å²) < 4.78 is 0. The Labute approximate surface area is 132 Å². The molecule has 0 saturated heterocycles. The van der Waals surface area contributed by atoms with Crippen molar-refractivity contribution in [1.82, 2.24) is 4.90 Å². The van der Waals surface area contributed by atoms with E-state index in [1.165, 1.54) is 12.8 Å². The van der Waals surface area contributed by atoms with E-state index in [0.717, 1.165) is 47.3 Å². The number of rotatable bonds is 9. The lowest BCUT2D eigenvalue weighted by atomic mass is 10.1. The molecule has 0 aliphatic heterocycles. The molecule has 0 atom stereocenters. The van der Waals surface area contributed by atoms with Crippen LogP contribution < -0.4 is 0 Å². The predicted molar refractivity (Wildman–Crippen MR) is 90.8 cm³/mol. The highest BCUT2D eigenvalue weighted by Crippen LogP contribution is 2.31. The summed E-state index contributed by atoms with van der Waals surface area (Å²) in [7, 11) is 0. The zero-order valence-electron chi connectivity index (χ0n) is 12.8. The highest BCUT2D eigenvalue weighted by atomic mass is 35.5. The van der Waals surface area contributed by atoms with Crippen molar-refractivity contribution in [2.45, 2.75) is 45.9 Å². The topological polar surface area (TPSA) is 23.5 Å². The number of phenolic OH excluding ortho intramolecular Hbond substituents is 1. The summed E-state index contributed by atoms with van der Waals surface area (Å²) in [5.74, 6) is 2.39. The van der Waals surface area contributed by atoms with E-state index in [1.807, 2.05) is 23.9 Å². The summed E-state index contributed by atoms with van der Waals surface area (Å²) in [6.07, 6.45) is 2.43. The number of phenols is 1. The number of nitrogens with zero attached hydrogens (tertiary/aromatic N) is 1. The Morgan fingerprint density at radius 1 is 1.15 bits per heavy atom. The fourth-order valence-corrected chi connectivity index (χ4v) is 3.41. The van der Waals surface area contributed by atoms with Gasteiger partial charge in [0.1, 0.15) is 5.75 Å². The van der Waals surface area contributed by atoms with Crippen LogP contribution in [0.2, 0.25) is 5.02 Å². The molecule has 0 spiro atoms. The molecule has 1 aromatic rings. The Morgan fingerprint density at radius 2 is 1.80 bits per heavy atom. The van der Waals surface area contributed by atoms with E-state index in [-0.39, 0.29) is 0 Å². The number of hydrogen-bond acceptors (Lipinski definition) is 3. The SMILES string of the molecule is CCCCSCc1cc(Cl)cc(CN(CC)CC)c1O. The lowest BCUT2D eigenvalue weighted by Crippen LogP contribution is -2.22. The largest absolute Gasteiger partial charge is 0.507 e. The summed E-state index contributed by atoms with van der Waals surface area (Å²) in [5.41, 5.74) is 1.90. The molecule has 0 aliphatic rings. The van der Waals surface area contributed by atoms with Crippen molar-refractivity contribution in [2.75, 3.05) is 18.8 Å². The molecule has 0 radical (unpaired) electrons. The first-order valence-electron chi connectivity index (χ1n) is 7.42. The maximum atomic E-state index is 10.4. The van der Waals surface area contributed by atoms with Gasteiger partial charge in [0.25, 0.3) is 0 Å². The molecule has 0 heterocycles. The fourth-order valence-electron chi connectivity index (χ4n) is 2.06. The van der Waals surface area contributed by atoms with E-state index < -0.39 is 0 Å². The van der Waals surface area contributed by atoms with Crippen molar-refractivity contribution in [3.05, 3.63) is 28.3 Å². The second-order valence-corrected chi connectivity index (χ2v) is 6.48. The number of aromatic hydroxyl groups is 1. The van der Waals surface area contributed by atoms with Gasteiger partial charge in [-0.25, -0.2) is 0 Å². The minimum absolute atomic E-state index is 0.422. The monoisotopic (exact) mass is 315 g/mol. The first-order valence-corrected chi connectivity index (χ1v) is 8.95. The molecule has 1 aromatic carbocycles. The molecule has 0 aliphatic carbocycles. The second kappa shape index (κ2) is 9.54. The lowest BCUT2D eigenvalue weighted by Gasteiger charge is -2.20. The van der Waals surface area contributed by atoms with E-state index >= 15 is 0 Å². The highest BCUT2D eigenvalue weighted by Gasteiger charge is 2.12. The molecule has 0 saturated carbocycles. The van der Waals surface area contributed by atoms with Crippen LogP contribution in [0.15, 0.2) is 12.1 Å². The minimum atomic E-state index is 0.422. The third-order valence-corrected chi connectivity index (χ3v) is 4.73. The van der Waals surface area contributed by atoms with Crippen LogP contribution in [0.5, 0.6) is 5.75 Å². The van der Waals surface area contributed by atoms with Crippen molar-refractivity contribution in [3.8, 4) is 5.75 Å². The van der Waals surface area contributed by atoms with Crippen LogP contribution in [-0.2, 0) is 12.3 Å². The Bertz CT molecular complexity index is 408. The summed E-state index contributed by atoms with van der Waals surface area (Å²) in [4.78, 5) is 2.28. The molecular formula is C16H26ClNOS. The van der Waals surface area contributed by atoms with E-state index in [9.17, 15) is 5.11 Å². The van der Waals surface area contributed by atoms with E-state index in [0.29, 0.717) is 5.75 Å². The van der Waals surface area contributed by atoms with Gasteiger partial charge in [-0.1, -0.05) is 38.8 Å². The molecule has 0 fully saturated rings. The molecule has 0 bridgehead atoms. The summed E-state index contributed by atoms with van der Waals surface area (Å²) in [6.45, 7) is 9.16. The van der Waals surface area contributed by atoms with Gasteiger partial charge in [-0.2, -0.15) is 11.8 Å². The number of hydrogen-bond donors (Lipinski definition) is 1. The quantitative estimate of drug-likeness (QED) is 0.654. The van der Waals surface area contributed by atoms with Gasteiger partial charge in [-0.05, 0) is 37.4 Å². The van der Waals surface area contributed by atoms with Crippen LogP contribution in [0.3, 0.4) is 0 Å². The highest BCUT2D eigenvalue weighted by molar-refractivity contribution is 7.98. The summed E-state index contributed by atoms with van der Waals surface area (Å²) >= 11 is 8.05. The van der Waals surface area contributed by atoms with Gasteiger partial charge in [-0.15, -0.1) is 0 Å². The van der Waals surface area contributed by atoms with Crippen molar-refractivity contribution < 1.29 is 5.11 Å². The molecule has 0 amide bonds. The van der Waals surface area contributed by atoms with Crippen LogP contribution >= 0.6 is 23.4 Å². The van der Waals surface area contributed by atoms with Gasteiger partial charge >= 0.3 is 0 Å². The van der Waals surface area contributed by atoms with Crippen molar-refractivity contribution in [3.63, 3.8) is 0 Å². The van der Waals surface area contributed by atoms with Gasteiger partial charge in [0.05, 0.1) is 0 Å².